The highest BCUT2D eigenvalue weighted by atomic mass is 79.9. The minimum Gasteiger partial charge on any atom is -0.490 e. The summed E-state index contributed by atoms with van der Waals surface area (Å²) in [6, 6.07) is 14.6. The first-order valence-corrected chi connectivity index (χ1v) is 8.72. The van der Waals surface area contributed by atoms with Gasteiger partial charge in [0.1, 0.15) is 12.4 Å². The van der Waals surface area contributed by atoms with Crippen LogP contribution in [0.1, 0.15) is 5.56 Å². The minimum absolute atomic E-state index is 0.112. The highest BCUT2D eigenvalue weighted by molar-refractivity contribution is 9.10. The molecule has 134 valence electrons. The van der Waals surface area contributed by atoms with Crippen LogP contribution in [0.25, 0.3) is 6.08 Å². The molecule has 0 aromatic heterocycles. The van der Waals surface area contributed by atoms with E-state index in [4.69, 9.17) is 4.74 Å². The zero-order valence-electron chi connectivity index (χ0n) is 14.1. The summed E-state index contributed by atoms with van der Waals surface area (Å²) in [6.45, 7) is 3.92. The van der Waals surface area contributed by atoms with E-state index in [0.29, 0.717) is 12.3 Å². The zero-order valence-corrected chi connectivity index (χ0v) is 15.7. The summed E-state index contributed by atoms with van der Waals surface area (Å²) in [7, 11) is 0. The van der Waals surface area contributed by atoms with Gasteiger partial charge in [-0.3, -0.25) is 9.59 Å². The van der Waals surface area contributed by atoms with E-state index < -0.39 is 0 Å². The van der Waals surface area contributed by atoms with Crippen LogP contribution in [0.2, 0.25) is 0 Å². The van der Waals surface area contributed by atoms with Gasteiger partial charge in [-0.2, -0.15) is 0 Å². The molecule has 0 spiro atoms. The topological polar surface area (TPSA) is 67.4 Å². The number of anilines is 1. The number of para-hydroxylation sites is 1. The lowest BCUT2D eigenvalue weighted by Gasteiger charge is -2.07. The molecule has 2 amide bonds. The van der Waals surface area contributed by atoms with Crippen LogP contribution >= 0.6 is 15.9 Å². The molecule has 0 saturated carbocycles. The van der Waals surface area contributed by atoms with Gasteiger partial charge in [0, 0.05) is 10.5 Å². The van der Waals surface area contributed by atoms with Crippen molar-refractivity contribution >= 4 is 39.5 Å². The van der Waals surface area contributed by atoms with Gasteiger partial charge in [-0.05, 0) is 51.8 Å². The maximum absolute atomic E-state index is 11.9. The zero-order chi connectivity index (χ0) is 18.8. The van der Waals surface area contributed by atoms with E-state index in [1.165, 1.54) is 6.08 Å². The Kier molecular flexibility index (Phi) is 7.64. The van der Waals surface area contributed by atoms with Gasteiger partial charge < -0.3 is 15.4 Å². The largest absolute Gasteiger partial charge is 0.490 e. The van der Waals surface area contributed by atoms with Crippen molar-refractivity contribution in [1.29, 1.82) is 0 Å². The Balaban J connectivity index is 1.79. The van der Waals surface area contributed by atoms with Crippen LogP contribution in [-0.4, -0.2) is 25.0 Å². The molecule has 0 atom stereocenters. The predicted molar refractivity (Wildman–Crippen MR) is 107 cm³/mol. The molecule has 2 N–H and O–H groups in total. The first-order valence-electron chi connectivity index (χ1n) is 7.92. The second kappa shape index (κ2) is 10.2. The lowest BCUT2D eigenvalue weighted by atomic mass is 10.2. The third-order valence-electron chi connectivity index (χ3n) is 3.25. The van der Waals surface area contributed by atoms with E-state index in [1.807, 2.05) is 42.5 Å². The molecule has 0 saturated heterocycles. The van der Waals surface area contributed by atoms with Crippen molar-refractivity contribution in [3.05, 3.63) is 77.3 Å². The lowest BCUT2D eigenvalue weighted by Crippen LogP contribution is -2.31. The van der Waals surface area contributed by atoms with Gasteiger partial charge in [0.2, 0.25) is 11.8 Å². The second-order valence-electron chi connectivity index (χ2n) is 5.25. The van der Waals surface area contributed by atoms with Crippen LogP contribution in [0, 0.1) is 0 Å². The molecule has 5 nitrogen and oxygen atoms in total. The summed E-state index contributed by atoms with van der Waals surface area (Å²) < 4.78 is 6.17. The average Bonchev–Trinajstić information content (AvgIpc) is 2.65. The van der Waals surface area contributed by atoms with E-state index in [9.17, 15) is 9.59 Å². The Hall–Kier alpha value is -2.86. The molecule has 0 bridgehead atoms. The molecule has 0 heterocycles. The number of ether oxygens (including phenoxy) is 1. The third-order valence-corrected chi connectivity index (χ3v) is 3.94. The second-order valence-corrected chi connectivity index (χ2v) is 6.10. The first kappa shape index (κ1) is 19.5. The monoisotopic (exact) mass is 414 g/mol. The van der Waals surface area contributed by atoms with Crippen molar-refractivity contribution in [2.75, 3.05) is 18.5 Å². The van der Waals surface area contributed by atoms with Gasteiger partial charge >= 0.3 is 0 Å². The number of halogens is 1. The van der Waals surface area contributed by atoms with Crippen LogP contribution < -0.4 is 15.4 Å². The summed E-state index contributed by atoms with van der Waals surface area (Å²) in [5.41, 5.74) is 1.50. The van der Waals surface area contributed by atoms with E-state index in [1.54, 1.807) is 18.2 Å². The standard InChI is InChI=1S/C20H19BrN2O3/c1-2-13-26-16-10-7-15(8-11-16)9-12-19(24)22-14-20(25)23-18-6-4-3-5-17(18)21/h2-12H,1,13-14H2,(H,22,24)(H,23,25)/b12-9+. The van der Waals surface area contributed by atoms with Crippen molar-refractivity contribution in [3.8, 4) is 5.75 Å². The minimum atomic E-state index is -0.348. The molecule has 0 aliphatic heterocycles. The maximum Gasteiger partial charge on any atom is 0.244 e. The molecule has 0 fully saturated rings. The van der Waals surface area contributed by atoms with Crippen molar-refractivity contribution in [3.63, 3.8) is 0 Å². The quantitative estimate of drug-likeness (QED) is 0.510. The highest BCUT2D eigenvalue weighted by Crippen LogP contribution is 2.20. The van der Waals surface area contributed by atoms with Crippen LogP contribution in [0.3, 0.4) is 0 Å². The van der Waals surface area contributed by atoms with E-state index in [0.717, 1.165) is 15.8 Å². The van der Waals surface area contributed by atoms with Crippen molar-refractivity contribution in [2.45, 2.75) is 0 Å². The number of benzene rings is 2. The number of carbonyl (C=O) groups excluding carboxylic acids is 2. The Morgan fingerprint density at radius 1 is 1.12 bits per heavy atom. The van der Waals surface area contributed by atoms with Crippen LogP contribution in [0.5, 0.6) is 5.75 Å². The number of hydrogen-bond acceptors (Lipinski definition) is 3. The number of carbonyl (C=O) groups is 2. The molecule has 0 unspecified atom stereocenters. The fourth-order valence-corrected chi connectivity index (χ4v) is 2.37. The number of hydrogen-bond donors (Lipinski definition) is 2. The number of rotatable bonds is 8. The van der Waals surface area contributed by atoms with Crippen molar-refractivity contribution in [1.82, 2.24) is 5.32 Å². The lowest BCUT2D eigenvalue weighted by molar-refractivity contribution is -0.121. The Labute approximate surface area is 160 Å². The molecule has 6 heteroatoms. The Bertz CT molecular complexity index is 801. The smallest absolute Gasteiger partial charge is 0.244 e. The fraction of sp³-hybridized carbons (Fsp3) is 0.100. The maximum atomic E-state index is 11.9. The summed E-state index contributed by atoms with van der Waals surface area (Å²) in [5.74, 6) is 0.0804. The van der Waals surface area contributed by atoms with Crippen LogP contribution in [-0.2, 0) is 9.59 Å². The molecule has 0 radical (unpaired) electrons. The summed E-state index contributed by atoms with van der Waals surface area (Å²) in [6.07, 6.45) is 4.72. The van der Waals surface area contributed by atoms with Gasteiger partial charge in [-0.1, -0.05) is 36.9 Å². The van der Waals surface area contributed by atoms with E-state index in [2.05, 4.69) is 33.1 Å². The molecule has 2 aromatic carbocycles. The summed E-state index contributed by atoms with van der Waals surface area (Å²) in [4.78, 5) is 23.7. The van der Waals surface area contributed by atoms with Gasteiger partial charge in [0.15, 0.2) is 0 Å². The molecule has 0 aliphatic rings. The van der Waals surface area contributed by atoms with Gasteiger partial charge in [0.25, 0.3) is 0 Å². The van der Waals surface area contributed by atoms with Crippen LogP contribution in [0.15, 0.2) is 71.7 Å². The predicted octanol–water partition coefficient (Wildman–Crippen LogP) is 3.78. The molecular formula is C20H19BrN2O3. The van der Waals surface area contributed by atoms with Crippen LogP contribution in [0.4, 0.5) is 5.69 Å². The fourth-order valence-electron chi connectivity index (χ4n) is 1.99. The highest BCUT2D eigenvalue weighted by Gasteiger charge is 2.06. The normalized spacial score (nSPS) is 10.3. The van der Waals surface area contributed by atoms with Crippen molar-refractivity contribution in [2.24, 2.45) is 0 Å². The number of nitrogens with one attached hydrogen (secondary N) is 2. The Morgan fingerprint density at radius 2 is 1.85 bits per heavy atom. The molecule has 2 aromatic rings. The average molecular weight is 415 g/mol. The number of amides is 2. The van der Waals surface area contributed by atoms with Gasteiger partial charge in [-0.15, -0.1) is 0 Å². The molecule has 26 heavy (non-hydrogen) atoms. The first-order chi connectivity index (χ1) is 12.6. The Morgan fingerprint density at radius 3 is 2.54 bits per heavy atom. The SMILES string of the molecule is C=CCOc1ccc(/C=C/C(=O)NCC(=O)Nc2ccccc2Br)cc1. The third kappa shape index (κ3) is 6.57. The van der Waals surface area contributed by atoms with E-state index >= 15 is 0 Å². The van der Waals surface area contributed by atoms with E-state index in [-0.39, 0.29) is 18.4 Å². The molecule has 2 rings (SSSR count). The summed E-state index contributed by atoms with van der Waals surface area (Å²) >= 11 is 3.35. The molecule has 0 aliphatic carbocycles. The molecular weight excluding hydrogens is 396 g/mol. The van der Waals surface area contributed by atoms with Gasteiger partial charge in [0.05, 0.1) is 12.2 Å². The van der Waals surface area contributed by atoms with Crippen molar-refractivity contribution < 1.29 is 14.3 Å². The summed E-state index contributed by atoms with van der Waals surface area (Å²) in [5, 5.41) is 5.26. The van der Waals surface area contributed by atoms with Gasteiger partial charge in [-0.25, -0.2) is 0 Å².